The maximum absolute atomic E-state index is 5.51. The Hall–Kier alpha value is -18.7. The third-order valence-corrected chi connectivity index (χ3v) is 31.7. The summed E-state index contributed by atoms with van der Waals surface area (Å²) in [6.07, 6.45) is 0. The summed E-state index contributed by atoms with van der Waals surface area (Å²) in [6.45, 7) is 0. The van der Waals surface area contributed by atoms with Gasteiger partial charge in [0.05, 0.1) is 0 Å². The van der Waals surface area contributed by atoms with Crippen molar-refractivity contribution in [3.8, 4) is 225 Å². The topological polar surface area (TPSA) is 116 Å². The van der Waals surface area contributed by atoms with Crippen LogP contribution in [0.2, 0.25) is 0 Å². The molecule has 0 aliphatic heterocycles. The molecular formula is C135H83N9S3. The molecule has 6 aromatic heterocycles. The quantitative estimate of drug-likeness (QED) is 0.0735. The molecule has 0 aliphatic rings. The van der Waals surface area contributed by atoms with Crippen LogP contribution in [-0.2, 0) is 0 Å². The highest BCUT2D eigenvalue weighted by molar-refractivity contribution is 7.27. The lowest BCUT2D eigenvalue weighted by atomic mass is 9.93. The summed E-state index contributed by atoms with van der Waals surface area (Å²) >= 11 is 5.52. The summed E-state index contributed by atoms with van der Waals surface area (Å²) < 4.78 is 7.25. The van der Waals surface area contributed by atoms with Gasteiger partial charge in [-0.05, 0) is 153 Å². The lowest BCUT2D eigenvalue weighted by Gasteiger charge is -2.14. The first-order valence-corrected chi connectivity index (χ1v) is 51.7. The third-order valence-electron chi connectivity index (χ3n) is 28.0. The van der Waals surface area contributed by atoms with E-state index in [1.807, 2.05) is 131 Å². The second-order valence-electron chi connectivity index (χ2n) is 36.9. The van der Waals surface area contributed by atoms with E-state index in [9.17, 15) is 0 Å². The molecule has 0 bridgehead atoms. The van der Waals surface area contributed by atoms with Gasteiger partial charge in [0.1, 0.15) is 0 Å². The van der Waals surface area contributed by atoms with Gasteiger partial charge in [-0.1, -0.05) is 473 Å². The highest BCUT2D eigenvalue weighted by Crippen LogP contribution is 2.53. The molecule has 686 valence electrons. The Morgan fingerprint density at radius 3 is 0.694 bits per heavy atom. The fourth-order valence-corrected chi connectivity index (χ4v) is 24.6. The van der Waals surface area contributed by atoms with E-state index in [0.717, 1.165) is 134 Å². The summed E-state index contributed by atoms with van der Waals surface area (Å²) in [6, 6.07) is 179. The van der Waals surface area contributed by atoms with Crippen LogP contribution in [0.4, 0.5) is 0 Å². The summed E-state index contributed by atoms with van der Waals surface area (Å²) in [5.41, 5.74) is 32.7. The SMILES string of the molecule is c1ccc(-c2ccc(-c3cc(-c4nc(-c5ccccc5)nc(-c5ccc(-c6ccc(-c7ccc(-c8nc(-c9ccccc9)nc(-c9ccc(-c%10ccc(-c%11cccc(-c%12nc(-c%13ccccc%13)nc(-c%13ccccc%13)n%12)c%11)c%11sc%12c(-c%13ccc(-c%14ccccc%14)cc%13)cccc%12c%10%11)cc9)n8)cc7)c7sc8c(-c9ccc(-c%10ccccc%10)cc9)cccc8c67)cc5)n4)cc(-c4cccc5c4sc4ccccc45)c3)cc2)cc1. The number of aromatic nitrogens is 9. The van der Waals surface area contributed by atoms with E-state index in [1.54, 1.807) is 0 Å². The van der Waals surface area contributed by atoms with Crippen molar-refractivity contribution in [3.63, 3.8) is 0 Å². The highest BCUT2D eigenvalue weighted by Gasteiger charge is 2.26. The molecule has 0 saturated heterocycles. The molecule has 0 radical (unpaired) electrons. The first kappa shape index (κ1) is 87.3. The minimum absolute atomic E-state index is 0.564. The molecule has 12 heteroatoms. The van der Waals surface area contributed by atoms with Gasteiger partial charge in [-0.15, -0.1) is 34.0 Å². The van der Waals surface area contributed by atoms with Gasteiger partial charge in [0.15, 0.2) is 52.4 Å². The van der Waals surface area contributed by atoms with E-state index in [0.29, 0.717) is 52.4 Å². The number of hydrogen-bond acceptors (Lipinski definition) is 12. The molecule has 9 nitrogen and oxygen atoms in total. The maximum atomic E-state index is 5.51. The molecule has 0 fully saturated rings. The average molecular weight is 1930 g/mol. The van der Waals surface area contributed by atoms with E-state index in [1.165, 1.54) is 99.5 Å². The number of rotatable bonds is 20. The second-order valence-corrected chi connectivity index (χ2v) is 40.0. The van der Waals surface area contributed by atoms with Crippen molar-refractivity contribution in [2.75, 3.05) is 0 Å². The van der Waals surface area contributed by atoms with Crippen LogP contribution < -0.4 is 0 Å². The van der Waals surface area contributed by atoms with Crippen molar-refractivity contribution in [1.29, 1.82) is 0 Å². The molecule has 0 atom stereocenters. The van der Waals surface area contributed by atoms with Crippen LogP contribution >= 0.6 is 34.0 Å². The third kappa shape index (κ3) is 16.7. The van der Waals surface area contributed by atoms with Crippen LogP contribution in [0.5, 0.6) is 0 Å². The monoisotopic (exact) mass is 1930 g/mol. The highest BCUT2D eigenvalue weighted by atomic mass is 32.1. The zero-order valence-electron chi connectivity index (χ0n) is 79.2. The lowest BCUT2D eigenvalue weighted by molar-refractivity contribution is 1.07. The molecule has 0 unspecified atom stereocenters. The van der Waals surface area contributed by atoms with Gasteiger partial charge in [0.25, 0.3) is 0 Å². The molecule has 27 aromatic rings. The van der Waals surface area contributed by atoms with Crippen molar-refractivity contribution in [2.45, 2.75) is 0 Å². The molecule has 0 saturated carbocycles. The van der Waals surface area contributed by atoms with Crippen molar-refractivity contribution in [1.82, 2.24) is 44.9 Å². The van der Waals surface area contributed by atoms with E-state index in [4.69, 9.17) is 44.9 Å². The van der Waals surface area contributed by atoms with Crippen LogP contribution in [0.15, 0.2) is 504 Å². The van der Waals surface area contributed by atoms with Gasteiger partial charge in [-0.2, -0.15) is 0 Å². The Balaban J connectivity index is 0.550. The first-order valence-electron chi connectivity index (χ1n) is 49.2. The van der Waals surface area contributed by atoms with Gasteiger partial charge in [0, 0.05) is 111 Å². The van der Waals surface area contributed by atoms with E-state index in [-0.39, 0.29) is 0 Å². The Morgan fingerprint density at radius 1 is 0.109 bits per heavy atom. The van der Waals surface area contributed by atoms with Crippen LogP contribution in [0, 0.1) is 0 Å². The molecule has 0 spiro atoms. The standard InChI is InChI=1S/C135H83N9S3/c1-8-28-84(29-9-1)87-52-54-90(55-53-87)105-81-106(112-47-25-48-116-115-44-22-23-51-119(115)145-122(112)116)83-107(82-105)135-143-130(99-40-20-7-21-41-99)139-133(144-135)101-72-66-91(67-73-101)108-76-78-113(125-120(108)117-49-26-45-110(123(117)146-125)93-60-56-88(57-61-93)85-30-10-2-11-31-85)95-68-74-102(75-69-95)132-138-127(96-34-14-4-15-35-96)137-131(140-132)100-70-64-92(65-71-100)109-77-79-114(126-121(109)118-50-27-46-111(124(118)147-126)94-62-58-89(59-63-94)86-32-12-3-13-33-86)103-42-24-43-104(80-103)134-141-128(97-36-16-5-17-37-97)136-129(142-134)98-38-18-6-19-39-98/h1-83H. The van der Waals surface area contributed by atoms with Crippen LogP contribution in [0.1, 0.15) is 0 Å². The maximum Gasteiger partial charge on any atom is 0.164 e. The number of fused-ring (bicyclic) bond motifs is 9. The molecule has 0 N–H and O–H groups in total. The molecule has 27 rings (SSSR count). The van der Waals surface area contributed by atoms with Gasteiger partial charge >= 0.3 is 0 Å². The van der Waals surface area contributed by atoms with Gasteiger partial charge in [0.2, 0.25) is 0 Å². The fraction of sp³-hybridized carbons (Fsp3) is 0. The van der Waals surface area contributed by atoms with Crippen LogP contribution in [-0.4, -0.2) is 44.9 Å². The van der Waals surface area contributed by atoms with Crippen molar-refractivity contribution >= 4 is 94.5 Å². The minimum Gasteiger partial charge on any atom is -0.208 e. The minimum atomic E-state index is 0.564. The zero-order valence-corrected chi connectivity index (χ0v) is 81.6. The normalized spacial score (nSPS) is 11.5. The smallest absolute Gasteiger partial charge is 0.164 e. The van der Waals surface area contributed by atoms with Crippen molar-refractivity contribution in [3.05, 3.63) is 504 Å². The lowest BCUT2D eigenvalue weighted by Crippen LogP contribution is -2.00. The Kier molecular flexibility index (Phi) is 22.4. The largest absolute Gasteiger partial charge is 0.208 e. The summed E-state index contributed by atoms with van der Waals surface area (Å²) in [4.78, 5) is 47.7. The molecule has 0 aliphatic carbocycles. The van der Waals surface area contributed by atoms with Crippen molar-refractivity contribution in [2.24, 2.45) is 0 Å². The van der Waals surface area contributed by atoms with Gasteiger partial charge < -0.3 is 0 Å². The first-order chi connectivity index (χ1) is 72.8. The fourth-order valence-electron chi connectivity index (χ4n) is 20.5. The van der Waals surface area contributed by atoms with Gasteiger partial charge in [-0.3, -0.25) is 0 Å². The van der Waals surface area contributed by atoms with E-state index in [2.05, 4.69) is 406 Å². The van der Waals surface area contributed by atoms with E-state index < -0.39 is 0 Å². The Morgan fingerprint density at radius 2 is 0.320 bits per heavy atom. The van der Waals surface area contributed by atoms with Crippen LogP contribution in [0.3, 0.4) is 0 Å². The predicted octanol–water partition coefficient (Wildman–Crippen LogP) is 36.7. The van der Waals surface area contributed by atoms with E-state index >= 15 is 0 Å². The molecule has 0 amide bonds. The zero-order chi connectivity index (χ0) is 97.2. The second kappa shape index (κ2) is 37.6. The summed E-state index contributed by atoms with van der Waals surface area (Å²) in [5.74, 6) is 5.27. The van der Waals surface area contributed by atoms with Gasteiger partial charge in [-0.25, -0.2) is 44.9 Å². The molecule has 147 heavy (non-hydrogen) atoms. The molecule has 6 heterocycles. The van der Waals surface area contributed by atoms with Crippen LogP contribution in [0.25, 0.3) is 285 Å². The summed E-state index contributed by atoms with van der Waals surface area (Å²) in [7, 11) is 0. The Bertz CT molecular complexity index is 9640. The molecular weight excluding hydrogens is 1840 g/mol. The predicted molar refractivity (Wildman–Crippen MR) is 614 cm³/mol. The number of hydrogen-bond donors (Lipinski definition) is 0. The van der Waals surface area contributed by atoms with Crippen molar-refractivity contribution < 1.29 is 0 Å². The Labute approximate surface area is 861 Å². The molecule has 21 aromatic carbocycles. The number of thiophene rings is 3. The number of nitrogens with zero attached hydrogens (tertiary/aromatic N) is 9. The number of benzene rings is 21. The summed E-state index contributed by atoms with van der Waals surface area (Å²) in [5, 5.41) is 7.20. The average Bonchev–Trinajstić information content (AvgIpc) is 1.57.